The molecule has 0 bridgehead atoms. The first kappa shape index (κ1) is 18.2. The number of tetrazole rings is 1. The Hall–Kier alpha value is -3.56. The molecule has 2 aromatic carbocycles. The van der Waals surface area contributed by atoms with Crippen LogP contribution in [0.1, 0.15) is 15.9 Å². The number of aromatic nitrogens is 4. The number of carbonyl (C=O) groups excluding carboxylic acids is 1. The van der Waals surface area contributed by atoms with Gasteiger partial charge in [0.1, 0.15) is 12.9 Å². The van der Waals surface area contributed by atoms with Crippen LogP contribution in [-0.4, -0.2) is 39.9 Å². The monoisotopic (exact) mass is 376 g/mol. The van der Waals surface area contributed by atoms with Gasteiger partial charge in [-0.05, 0) is 52.4 Å². The minimum absolute atomic E-state index is 0.0566. The third kappa shape index (κ3) is 4.54. The first-order chi connectivity index (χ1) is 13.1. The second-order valence-electron chi connectivity index (χ2n) is 5.24. The molecule has 0 atom stereocenters. The maximum atomic E-state index is 12.3. The van der Waals surface area contributed by atoms with Crippen LogP contribution in [-0.2, 0) is 11.3 Å². The number of halogens is 2. The topological polar surface area (TPSA) is 88.4 Å². The van der Waals surface area contributed by atoms with E-state index in [2.05, 4.69) is 20.3 Å². The van der Waals surface area contributed by atoms with Crippen LogP contribution < -0.4 is 9.47 Å². The van der Waals surface area contributed by atoms with Crippen molar-refractivity contribution in [2.45, 2.75) is 13.2 Å². The summed E-state index contributed by atoms with van der Waals surface area (Å²) >= 11 is 0. The van der Waals surface area contributed by atoms with Crippen molar-refractivity contribution < 1.29 is 27.8 Å². The van der Waals surface area contributed by atoms with Crippen LogP contribution in [0.4, 0.5) is 8.78 Å². The molecule has 0 aliphatic rings. The van der Waals surface area contributed by atoms with E-state index in [9.17, 15) is 13.6 Å². The van der Waals surface area contributed by atoms with E-state index >= 15 is 0 Å². The van der Waals surface area contributed by atoms with Gasteiger partial charge in [0.2, 0.25) is 0 Å². The molecule has 1 heterocycles. The van der Waals surface area contributed by atoms with Gasteiger partial charge in [-0.2, -0.15) is 8.78 Å². The van der Waals surface area contributed by atoms with E-state index in [0.717, 1.165) is 0 Å². The highest BCUT2D eigenvalue weighted by molar-refractivity contribution is 5.89. The summed E-state index contributed by atoms with van der Waals surface area (Å²) in [5, 5.41) is 10.8. The fourth-order valence-electron chi connectivity index (χ4n) is 2.26. The molecule has 27 heavy (non-hydrogen) atoms. The van der Waals surface area contributed by atoms with E-state index in [0.29, 0.717) is 16.8 Å². The molecule has 0 spiro atoms. The fraction of sp³-hybridized carbons (Fsp3) is 0.176. The molecule has 10 heteroatoms. The standard InChI is InChI=1S/C17H14F2N4O4/c1-25-15-8-11(2-7-14(15)27-17(18)19)9-26-16(24)12-3-5-13(6-4-12)23-10-20-21-22-23/h2-8,10,17H,9H2,1H3. The molecule has 0 unspecified atom stereocenters. The molecular weight excluding hydrogens is 362 g/mol. The molecule has 3 aromatic rings. The van der Waals surface area contributed by atoms with E-state index in [1.54, 1.807) is 24.3 Å². The smallest absolute Gasteiger partial charge is 0.387 e. The predicted molar refractivity (Wildman–Crippen MR) is 87.9 cm³/mol. The van der Waals surface area contributed by atoms with Gasteiger partial charge in [-0.1, -0.05) is 6.07 Å². The predicted octanol–water partition coefficient (Wildman–Crippen LogP) is 2.63. The van der Waals surface area contributed by atoms with Crippen LogP contribution in [0.2, 0.25) is 0 Å². The third-order valence-corrected chi connectivity index (χ3v) is 3.53. The van der Waals surface area contributed by atoms with Gasteiger partial charge in [0.05, 0.1) is 18.4 Å². The van der Waals surface area contributed by atoms with Gasteiger partial charge in [0, 0.05) is 0 Å². The molecule has 1 aromatic heterocycles. The lowest BCUT2D eigenvalue weighted by Gasteiger charge is -2.11. The van der Waals surface area contributed by atoms with Crippen molar-refractivity contribution in [3.63, 3.8) is 0 Å². The average molecular weight is 376 g/mol. The molecule has 0 amide bonds. The Labute approximate surface area is 152 Å². The van der Waals surface area contributed by atoms with Crippen molar-refractivity contribution in [3.05, 3.63) is 59.9 Å². The Morgan fingerprint density at radius 2 is 1.93 bits per heavy atom. The maximum absolute atomic E-state index is 12.3. The minimum atomic E-state index is -2.96. The van der Waals surface area contributed by atoms with Gasteiger partial charge in [0.15, 0.2) is 11.5 Å². The minimum Gasteiger partial charge on any atom is -0.493 e. The van der Waals surface area contributed by atoms with Crippen molar-refractivity contribution in [2.24, 2.45) is 0 Å². The summed E-state index contributed by atoms with van der Waals surface area (Å²) in [7, 11) is 1.33. The lowest BCUT2D eigenvalue weighted by molar-refractivity contribution is -0.0512. The zero-order valence-electron chi connectivity index (χ0n) is 14.1. The molecule has 0 saturated carbocycles. The number of hydrogen-bond donors (Lipinski definition) is 0. The largest absolute Gasteiger partial charge is 0.493 e. The lowest BCUT2D eigenvalue weighted by atomic mass is 10.2. The molecule has 8 nitrogen and oxygen atoms in total. The van der Waals surface area contributed by atoms with Crippen molar-refractivity contribution in [2.75, 3.05) is 7.11 Å². The van der Waals surface area contributed by atoms with Gasteiger partial charge in [-0.15, -0.1) is 5.10 Å². The average Bonchev–Trinajstić information content (AvgIpc) is 3.21. The fourth-order valence-corrected chi connectivity index (χ4v) is 2.26. The van der Waals surface area contributed by atoms with E-state index in [1.807, 2.05) is 0 Å². The van der Waals surface area contributed by atoms with Gasteiger partial charge in [-0.25, -0.2) is 9.48 Å². The Morgan fingerprint density at radius 1 is 1.15 bits per heavy atom. The Bertz CT molecular complexity index is 902. The number of benzene rings is 2. The number of rotatable bonds is 7. The molecule has 0 radical (unpaired) electrons. The van der Waals surface area contributed by atoms with Gasteiger partial charge in [0.25, 0.3) is 0 Å². The summed E-state index contributed by atoms with van der Waals surface area (Å²) in [4.78, 5) is 12.2. The number of hydrogen-bond acceptors (Lipinski definition) is 7. The summed E-state index contributed by atoms with van der Waals surface area (Å²) in [6.07, 6.45) is 1.43. The molecule has 0 fully saturated rings. The number of alkyl halides is 2. The molecule has 3 rings (SSSR count). The highest BCUT2D eigenvalue weighted by Crippen LogP contribution is 2.29. The van der Waals surface area contributed by atoms with Crippen LogP contribution in [0, 0.1) is 0 Å². The zero-order valence-corrected chi connectivity index (χ0v) is 14.1. The highest BCUT2D eigenvalue weighted by Gasteiger charge is 2.13. The maximum Gasteiger partial charge on any atom is 0.387 e. The van der Waals surface area contributed by atoms with Crippen molar-refractivity contribution >= 4 is 5.97 Å². The second-order valence-corrected chi connectivity index (χ2v) is 5.24. The normalized spacial score (nSPS) is 10.7. The highest BCUT2D eigenvalue weighted by atomic mass is 19.3. The van der Waals surface area contributed by atoms with Crippen LogP contribution in [0.25, 0.3) is 5.69 Å². The summed E-state index contributed by atoms with van der Waals surface area (Å²) in [5.41, 5.74) is 1.60. The van der Waals surface area contributed by atoms with E-state index < -0.39 is 12.6 Å². The molecule has 0 aliphatic carbocycles. The third-order valence-electron chi connectivity index (χ3n) is 3.53. The number of ether oxygens (including phenoxy) is 3. The van der Waals surface area contributed by atoms with E-state index in [4.69, 9.17) is 9.47 Å². The van der Waals surface area contributed by atoms with Crippen molar-refractivity contribution in [3.8, 4) is 17.2 Å². The molecule has 0 saturated heterocycles. The van der Waals surface area contributed by atoms with Crippen LogP contribution >= 0.6 is 0 Å². The first-order valence-electron chi connectivity index (χ1n) is 7.69. The summed E-state index contributed by atoms with van der Waals surface area (Å²) in [6, 6.07) is 10.8. The second kappa shape index (κ2) is 8.21. The van der Waals surface area contributed by atoms with Crippen LogP contribution in [0.15, 0.2) is 48.8 Å². The molecule has 140 valence electrons. The lowest BCUT2D eigenvalue weighted by Crippen LogP contribution is -2.07. The first-order valence-corrected chi connectivity index (χ1v) is 7.69. The zero-order chi connectivity index (χ0) is 19.2. The number of methoxy groups -OCH3 is 1. The Balaban J connectivity index is 1.63. The summed E-state index contributed by atoms with van der Waals surface area (Å²) in [6.45, 7) is -3.02. The van der Waals surface area contributed by atoms with Gasteiger partial charge >= 0.3 is 12.6 Å². The summed E-state index contributed by atoms with van der Waals surface area (Å²) in [5.74, 6) is -0.513. The van der Waals surface area contributed by atoms with Crippen molar-refractivity contribution in [1.29, 1.82) is 0 Å². The van der Waals surface area contributed by atoms with Gasteiger partial charge < -0.3 is 14.2 Å². The Morgan fingerprint density at radius 3 is 2.56 bits per heavy atom. The van der Waals surface area contributed by atoms with Crippen LogP contribution in [0.3, 0.4) is 0 Å². The van der Waals surface area contributed by atoms with Crippen molar-refractivity contribution in [1.82, 2.24) is 20.2 Å². The van der Waals surface area contributed by atoms with E-state index in [-0.39, 0.29) is 18.1 Å². The molecule has 0 N–H and O–H groups in total. The quantitative estimate of drug-likeness (QED) is 0.586. The molecular formula is C17H14F2N4O4. The van der Waals surface area contributed by atoms with E-state index in [1.165, 1.54) is 36.3 Å². The van der Waals surface area contributed by atoms with Gasteiger partial charge in [-0.3, -0.25) is 0 Å². The number of carbonyl (C=O) groups is 1. The summed E-state index contributed by atoms with van der Waals surface area (Å²) < 4.78 is 40.7. The Kier molecular flexibility index (Phi) is 5.55. The molecule has 0 aliphatic heterocycles. The SMILES string of the molecule is COc1cc(COC(=O)c2ccc(-n3cnnn3)cc2)ccc1OC(F)F. The van der Waals surface area contributed by atoms with Crippen LogP contribution in [0.5, 0.6) is 11.5 Å². The number of nitrogens with zero attached hydrogens (tertiary/aromatic N) is 4. The number of esters is 1.